The van der Waals surface area contributed by atoms with Crippen LogP contribution in [0.4, 0.5) is 10.9 Å². The van der Waals surface area contributed by atoms with Crippen molar-refractivity contribution in [2.45, 2.75) is 31.5 Å². The lowest BCUT2D eigenvalue weighted by Gasteiger charge is -2.51. The molecule has 2 atom stereocenters. The van der Waals surface area contributed by atoms with Crippen LogP contribution in [0.1, 0.15) is 19.5 Å². The Kier molecular flexibility index (Phi) is 9.94. The Morgan fingerprint density at radius 1 is 1.35 bits per heavy atom. The van der Waals surface area contributed by atoms with Gasteiger partial charge in [0.15, 0.2) is 10.8 Å². The average Bonchev–Trinajstić information content (AvgIpc) is 3.32. The molecule has 2 amide bonds. The number of rotatable bonds is 14. The minimum absolute atomic E-state index is 0.0582. The second-order valence-electron chi connectivity index (χ2n) is 11.5. The quantitative estimate of drug-likeness (QED) is 0.0359. The molecular weight excluding hydrogens is 696 g/mol. The number of pyridine rings is 1. The van der Waals surface area contributed by atoms with Gasteiger partial charge in [-0.25, -0.2) is 22.8 Å². The molecule has 0 bridgehead atoms. The predicted molar refractivity (Wildman–Crippen MR) is 170 cm³/mol. The number of halogens is 1. The molecule has 1 unspecified atom stereocenters. The summed E-state index contributed by atoms with van der Waals surface area (Å²) in [6.45, 7) is 4.83. The number of nitrogens with two attached hydrogens (primary N) is 1. The molecule has 2 aromatic heterocycles. The molecule has 2 aliphatic rings. The summed E-state index contributed by atoms with van der Waals surface area (Å²) >= 11 is 6.98. The van der Waals surface area contributed by atoms with Gasteiger partial charge in [0.1, 0.15) is 28.4 Å². The van der Waals surface area contributed by atoms with Crippen molar-refractivity contribution in [1.82, 2.24) is 20.7 Å². The monoisotopic (exact) mass is 726 g/mol. The summed E-state index contributed by atoms with van der Waals surface area (Å²) in [7, 11) is -3.36. The number of thiazole rings is 1. The molecule has 0 radical (unpaired) electrons. The summed E-state index contributed by atoms with van der Waals surface area (Å²) in [6, 6.07) is 5.76. The zero-order valence-electron chi connectivity index (χ0n) is 25.6. The van der Waals surface area contributed by atoms with Gasteiger partial charge in [0.2, 0.25) is 10.4 Å². The molecule has 48 heavy (non-hydrogen) atoms. The summed E-state index contributed by atoms with van der Waals surface area (Å²) in [5, 5.41) is 24.6. The highest BCUT2D eigenvalue weighted by atomic mass is 35.5. The third kappa shape index (κ3) is 7.53. The van der Waals surface area contributed by atoms with Gasteiger partial charge in [0, 0.05) is 19.0 Å². The third-order valence-electron chi connectivity index (χ3n) is 7.64. The van der Waals surface area contributed by atoms with Crippen LogP contribution >= 0.6 is 22.9 Å². The fraction of sp³-hybridized carbons (Fsp3) is 0.407. The first-order valence-corrected chi connectivity index (χ1v) is 16.8. The molecule has 2 aliphatic heterocycles. The number of nitrogens with one attached hydrogen (secondary N) is 3. The van der Waals surface area contributed by atoms with Crippen molar-refractivity contribution < 1.29 is 50.9 Å². The number of anilines is 2. The Hall–Kier alpha value is -4.34. The molecule has 3 aromatic rings. The number of ether oxygens (including phenoxy) is 1. The minimum atomic E-state index is -5.29. The number of aliphatic carboxylic acids is 1. The Morgan fingerprint density at radius 3 is 2.67 bits per heavy atom. The van der Waals surface area contributed by atoms with E-state index in [2.05, 4.69) is 30.4 Å². The first-order chi connectivity index (χ1) is 22.5. The zero-order valence-corrected chi connectivity index (χ0v) is 28.0. The van der Waals surface area contributed by atoms with E-state index in [4.69, 9.17) is 26.9 Å². The van der Waals surface area contributed by atoms with Crippen LogP contribution in [0.25, 0.3) is 10.8 Å². The van der Waals surface area contributed by atoms with E-state index < -0.39 is 58.2 Å². The van der Waals surface area contributed by atoms with Crippen LogP contribution < -0.4 is 31.0 Å². The molecule has 2 fully saturated rings. The standard InChI is InChI=1S/C27H31ClN8O10S2/c1-27(2)20(24(38)36(27)46-48(41,42)43)33-23(37)19(18-21(28)47-26(29)32-18)34-45-17(25(39)40)12-44-15-4-5-16-14(8-15)6-7-35(3)22(16)31-11-13-9-30-10-13/h4-8,13,17,20,30H,9-12H2,1-3H3,(H5,29,32,33,37,39,40,41,42,43)/b34-19-/t17-,20?/m0/s1. The largest absolute Gasteiger partial charge is 0.724 e. The van der Waals surface area contributed by atoms with Crippen LogP contribution in [-0.2, 0) is 41.0 Å². The maximum absolute atomic E-state index is 13.3. The number of oxime groups is 1. The van der Waals surface area contributed by atoms with E-state index in [-0.39, 0.29) is 15.2 Å². The first kappa shape index (κ1) is 35.0. The van der Waals surface area contributed by atoms with Gasteiger partial charge in [0.05, 0.1) is 30.7 Å². The third-order valence-corrected chi connectivity index (χ3v) is 9.06. The fourth-order valence-corrected chi connectivity index (χ4v) is 6.28. The van der Waals surface area contributed by atoms with Crippen LogP contribution in [0.15, 0.2) is 35.6 Å². The molecule has 0 saturated carbocycles. The summed E-state index contributed by atoms with van der Waals surface area (Å²) in [6.07, 6.45) is 0.163. The number of carboxylic acids is 1. The fourth-order valence-electron chi connectivity index (χ4n) is 4.90. The number of carbonyl (C=O) groups is 3. The number of aryl methyl sites for hydroxylation is 1. The van der Waals surface area contributed by atoms with E-state index in [1.807, 2.05) is 29.9 Å². The normalized spacial score (nSPS) is 18.5. The van der Waals surface area contributed by atoms with E-state index in [1.165, 1.54) is 13.8 Å². The number of fused-ring (bicyclic) bond motifs is 1. The smallest absolute Gasteiger partial charge is 0.351 e. The number of amides is 2. The van der Waals surface area contributed by atoms with Crippen molar-refractivity contribution in [2.24, 2.45) is 18.1 Å². The summed E-state index contributed by atoms with van der Waals surface area (Å²) in [5.74, 6) is -1.84. The SMILES string of the molecule is C[n+]1ccc2cc(OC[C@H](O/N=C(\C(=O)NC3C(=O)N(OS(=O)(=O)[O-])C3(C)C)c3nc(N)sc3Cl)C(=O)O)ccc2c1NCC1CNC1. The molecular formula is C27H31ClN8O10S2. The Morgan fingerprint density at radius 2 is 2.08 bits per heavy atom. The number of hydrogen-bond donors (Lipinski definition) is 5. The number of benzene rings is 1. The topological polar surface area (TPSA) is 251 Å². The molecule has 18 nitrogen and oxygen atoms in total. The first-order valence-electron chi connectivity index (χ1n) is 14.2. The van der Waals surface area contributed by atoms with Crippen molar-refractivity contribution in [3.05, 3.63) is 40.5 Å². The molecule has 6 N–H and O–H groups in total. The lowest BCUT2D eigenvalue weighted by Crippen LogP contribution is -2.76. The maximum atomic E-state index is 13.3. The maximum Gasteiger partial charge on any atom is 0.351 e. The highest BCUT2D eigenvalue weighted by Crippen LogP contribution is 2.33. The lowest BCUT2D eigenvalue weighted by molar-refractivity contribution is -0.656. The van der Waals surface area contributed by atoms with Gasteiger partial charge in [-0.2, -0.15) is 9.35 Å². The van der Waals surface area contributed by atoms with Gasteiger partial charge >= 0.3 is 5.97 Å². The van der Waals surface area contributed by atoms with Gasteiger partial charge in [-0.3, -0.25) is 14.9 Å². The Balaban J connectivity index is 1.31. The molecule has 2 saturated heterocycles. The highest BCUT2D eigenvalue weighted by molar-refractivity contribution is 7.80. The van der Waals surface area contributed by atoms with Crippen molar-refractivity contribution in [3.63, 3.8) is 0 Å². The van der Waals surface area contributed by atoms with Gasteiger partial charge in [-0.1, -0.05) is 28.1 Å². The van der Waals surface area contributed by atoms with Crippen LogP contribution in [0.3, 0.4) is 0 Å². The minimum Gasteiger partial charge on any atom is -0.724 e. The van der Waals surface area contributed by atoms with Crippen molar-refractivity contribution in [1.29, 1.82) is 0 Å². The van der Waals surface area contributed by atoms with Crippen LogP contribution in [-0.4, -0.2) is 95.5 Å². The van der Waals surface area contributed by atoms with E-state index in [0.717, 1.165) is 47.6 Å². The second-order valence-corrected chi connectivity index (χ2v) is 14.1. The zero-order chi connectivity index (χ0) is 35.0. The highest BCUT2D eigenvalue weighted by Gasteiger charge is 2.57. The molecule has 0 aliphatic carbocycles. The van der Waals surface area contributed by atoms with Crippen molar-refractivity contribution >= 4 is 78.6 Å². The molecule has 4 heterocycles. The van der Waals surface area contributed by atoms with Crippen molar-refractivity contribution in [3.8, 4) is 5.75 Å². The summed E-state index contributed by atoms with van der Waals surface area (Å²) < 4.78 is 44.9. The number of β-lactam (4-membered cyclic amide) rings is 1. The van der Waals surface area contributed by atoms with Gasteiger partial charge < -0.3 is 35.6 Å². The van der Waals surface area contributed by atoms with Gasteiger partial charge in [-0.15, -0.1) is 0 Å². The van der Waals surface area contributed by atoms with Crippen LogP contribution in [0.2, 0.25) is 4.34 Å². The summed E-state index contributed by atoms with van der Waals surface area (Å²) in [5.41, 5.74) is 3.30. The van der Waals surface area contributed by atoms with Crippen molar-refractivity contribution in [2.75, 3.05) is 37.3 Å². The number of hydroxylamine groups is 2. The number of hydrogen-bond acceptors (Lipinski definition) is 15. The number of nitrogen functional groups attached to an aromatic ring is 1. The molecule has 0 spiro atoms. The van der Waals surface area contributed by atoms with Crippen LogP contribution in [0, 0.1) is 5.92 Å². The van der Waals surface area contributed by atoms with Crippen LogP contribution in [0.5, 0.6) is 5.75 Å². The van der Waals surface area contributed by atoms with E-state index in [1.54, 1.807) is 12.1 Å². The second kappa shape index (κ2) is 13.6. The number of carboxylic acid groups (broad SMARTS) is 1. The van der Waals surface area contributed by atoms with E-state index in [9.17, 15) is 32.5 Å². The Labute approximate surface area is 282 Å². The molecule has 258 valence electrons. The van der Waals surface area contributed by atoms with E-state index >= 15 is 0 Å². The predicted octanol–water partition coefficient (Wildman–Crippen LogP) is -0.262. The molecule has 5 rings (SSSR count). The number of carbonyl (C=O) groups excluding carboxylic acids is 2. The summed E-state index contributed by atoms with van der Waals surface area (Å²) in [4.78, 5) is 47.1. The number of aromatic nitrogens is 2. The van der Waals surface area contributed by atoms with E-state index in [0.29, 0.717) is 16.7 Å². The average molecular weight is 727 g/mol. The lowest BCUT2D eigenvalue weighted by atomic mass is 9.84. The molecule has 1 aromatic carbocycles. The number of nitrogens with zero attached hydrogens (tertiary/aromatic N) is 4. The van der Waals surface area contributed by atoms with Gasteiger partial charge in [0.25, 0.3) is 23.7 Å². The molecule has 21 heteroatoms. The van der Waals surface area contributed by atoms with Gasteiger partial charge in [-0.05, 0) is 43.5 Å². The Bertz CT molecular complexity index is 1900.